The van der Waals surface area contributed by atoms with Crippen LogP contribution in [0.3, 0.4) is 0 Å². The average molecular weight is 548 g/mol. The molecule has 0 aliphatic rings. The van der Waals surface area contributed by atoms with E-state index in [-0.39, 0.29) is 21.5 Å². The summed E-state index contributed by atoms with van der Waals surface area (Å²) in [5.74, 6) is -0.915. The van der Waals surface area contributed by atoms with Crippen molar-refractivity contribution >= 4 is 49.1 Å². The number of carbonyl (C=O) groups is 1. The SMILES string of the molecule is O=C(CSc1ncc(S(=O)(=O)c2ccc(Br)cc2)c(=O)[nH]1)Nc1cccc(C(F)(F)F)c1. The summed E-state index contributed by atoms with van der Waals surface area (Å²) < 4.78 is 64.2. The quantitative estimate of drug-likeness (QED) is 0.355. The summed E-state index contributed by atoms with van der Waals surface area (Å²) in [5.41, 5.74) is -1.86. The van der Waals surface area contributed by atoms with E-state index >= 15 is 0 Å². The van der Waals surface area contributed by atoms with E-state index in [1.54, 1.807) is 0 Å². The minimum atomic E-state index is -4.54. The van der Waals surface area contributed by atoms with E-state index in [0.29, 0.717) is 4.47 Å². The number of aromatic amines is 1. The van der Waals surface area contributed by atoms with Gasteiger partial charge in [0.1, 0.15) is 0 Å². The molecule has 3 aromatic rings. The van der Waals surface area contributed by atoms with Gasteiger partial charge in [0.2, 0.25) is 15.7 Å². The van der Waals surface area contributed by atoms with Crippen LogP contribution >= 0.6 is 27.7 Å². The first kappa shape index (κ1) is 24.0. The number of amides is 1. The van der Waals surface area contributed by atoms with Crippen LogP contribution in [-0.4, -0.2) is 30.0 Å². The van der Waals surface area contributed by atoms with Crippen LogP contribution in [0.4, 0.5) is 18.9 Å². The molecule has 168 valence electrons. The highest BCUT2D eigenvalue weighted by Gasteiger charge is 2.30. The summed E-state index contributed by atoms with van der Waals surface area (Å²) >= 11 is 3.98. The molecular formula is C19H13BrF3N3O4S2. The molecule has 0 aliphatic heterocycles. The van der Waals surface area contributed by atoms with Crippen LogP contribution in [0.5, 0.6) is 0 Å². The fraction of sp³-hybridized carbons (Fsp3) is 0.105. The number of alkyl halides is 3. The maximum Gasteiger partial charge on any atom is 0.416 e. The molecule has 0 saturated heterocycles. The Balaban J connectivity index is 1.68. The minimum absolute atomic E-state index is 0.0241. The van der Waals surface area contributed by atoms with Gasteiger partial charge < -0.3 is 10.3 Å². The number of aromatic nitrogens is 2. The number of carbonyl (C=O) groups excluding carboxylic acids is 1. The summed E-state index contributed by atoms with van der Waals surface area (Å²) in [6.45, 7) is 0. The van der Waals surface area contributed by atoms with Crippen LogP contribution in [0, 0.1) is 0 Å². The molecule has 0 saturated carbocycles. The molecule has 0 spiro atoms. The molecule has 13 heteroatoms. The van der Waals surface area contributed by atoms with Crippen molar-refractivity contribution in [1.29, 1.82) is 0 Å². The molecule has 2 N–H and O–H groups in total. The van der Waals surface area contributed by atoms with Crippen molar-refractivity contribution in [2.45, 2.75) is 21.1 Å². The number of H-pyrrole nitrogens is 1. The average Bonchev–Trinajstić information content (AvgIpc) is 2.72. The Morgan fingerprint density at radius 1 is 1.16 bits per heavy atom. The molecule has 1 heterocycles. The van der Waals surface area contributed by atoms with Crippen molar-refractivity contribution in [3.63, 3.8) is 0 Å². The fourth-order valence-electron chi connectivity index (χ4n) is 2.48. The summed E-state index contributed by atoms with van der Waals surface area (Å²) in [6.07, 6.45) is -3.65. The van der Waals surface area contributed by atoms with Crippen molar-refractivity contribution in [2.75, 3.05) is 11.1 Å². The minimum Gasteiger partial charge on any atom is -0.325 e. The lowest BCUT2D eigenvalue weighted by Crippen LogP contribution is -2.20. The zero-order valence-electron chi connectivity index (χ0n) is 15.8. The van der Waals surface area contributed by atoms with E-state index in [9.17, 15) is 31.2 Å². The second-order valence-corrected chi connectivity index (χ2v) is 10.1. The zero-order chi connectivity index (χ0) is 23.5. The number of benzene rings is 2. The molecule has 1 amide bonds. The zero-order valence-corrected chi connectivity index (χ0v) is 19.0. The van der Waals surface area contributed by atoms with Gasteiger partial charge in [-0.2, -0.15) is 13.2 Å². The van der Waals surface area contributed by atoms with Gasteiger partial charge in [0.15, 0.2) is 10.1 Å². The standard InChI is InChI=1S/C19H13BrF3N3O4S2/c20-12-4-6-14(7-5-12)32(29,30)15-9-24-18(26-17(15)28)31-10-16(27)25-13-3-1-2-11(8-13)19(21,22)23/h1-9H,10H2,(H,25,27)(H,24,26,28). The summed E-state index contributed by atoms with van der Waals surface area (Å²) in [6, 6.07) is 9.84. The van der Waals surface area contributed by atoms with E-state index in [1.165, 1.54) is 30.3 Å². The first-order valence-corrected chi connectivity index (χ1v) is 11.9. The largest absolute Gasteiger partial charge is 0.416 e. The molecule has 32 heavy (non-hydrogen) atoms. The second-order valence-electron chi connectivity index (χ2n) is 6.25. The van der Waals surface area contributed by atoms with Gasteiger partial charge in [-0.1, -0.05) is 33.8 Å². The number of sulfone groups is 1. The van der Waals surface area contributed by atoms with Crippen molar-refractivity contribution in [1.82, 2.24) is 9.97 Å². The van der Waals surface area contributed by atoms with E-state index in [0.717, 1.165) is 36.2 Å². The monoisotopic (exact) mass is 547 g/mol. The number of nitrogens with zero attached hydrogens (tertiary/aromatic N) is 1. The number of anilines is 1. The van der Waals surface area contributed by atoms with Gasteiger partial charge in [-0.05, 0) is 42.5 Å². The lowest BCUT2D eigenvalue weighted by Gasteiger charge is -2.09. The lowest BCUT2D eigenvalue weighted by molar-refractivity contribution is -0.137. The van der Waals surface area contributed by atoms with E-state index in [4.69, 9.17) is 0 Å². The number of hydrogen-bond donors (Lipinski definition) is 2. The van der Waals surface area contributed by atoms with Crippen molar-refractivity contribution < 1.29 is 26.4 Å². The molecule has 0 aliphatic carbocycles. The fourth-order valence-corrected chi connectivity index (χ4v) is 4.61. The Morgan fingerprint density at radius 2 is 1.84 bits per heavy atom. The van der Waals surface area contributed by atoms with Gasteiger partial charge in [0, 0.05) is 10.2 Å². The highest BCUT2D eigenvalue weighted by molar-refractivity contribution is 9.10. The molecule has 0 bridgehead atoms. The van der Waals surface area contributed by atoms with Crippen LogP contribution in [0.25, 0.3) is 0 Å². The van der Waals surface area contributed by atoms with E-state index < -0.39 is 37.9 Å². The van der Waals surface area contributed by atoms with Crippen LogP contribution in [-0.2, 0) is 20.8 Å². The van der Waals surface area contributed by atoms with Crippen molar-refractivity contribution in [2.24, 2.45) is 0 Å². The number of rotatable bonds is 6. The molecule has 0 radical (unpaired) electrons. The normalized spacial score (nSPS) is 11.9. The maximum atomic E-state index is 12.8. The number of thioether (sulfide) groups is 1. The first-order valence-electron chi connectivity index (χ1n) is 8.67. The smallest absolute Gasteiger partial charge is 0.325 e. The van der Waals surface area contributed by atoms with Crippen molar-refractivity contribution in [3.05, 3.63) is 75.1 Å². The van der Waals surface area contributed by atoms with E-state index in [2.05, 4.69) is 31.2 Å². The maximum absolute atomic E-state index is 12.8. The molecule has 1 aromatic heterocycles. The van der Waals surface area contributed by atoms with E-state index in [1.807, 2.05) is 0 Å². The Labute approximate surface area is 192 Å². The topological polar surface area (TPSA) is 109 Å². The Morgan fingerprint density at radius 3 is 2.47 bits per heavy atom. The number of nitrogens with one attached hydrogen (secondary N) is 2. The van der Waals surface area contributed by atoms with Gasteiger partial charge in [-0.3, -0.25) is 9.59 Å². The first-order chi connectivity index (χ1) is 15.0. The number of halogens is 4. The molecule has 0 fully saturated rings. The van der Waals surface area contributed by atoms with Gasteiger partial charge in [-0.25, -0.2) is 13.4 Å². The molecule has 0 unspecified atom stereocenters. The van der Waals surface area contributed by atoms with Crippen LogP contribution < -0.4 is 10.9 Å². The molecule has 7 nitrogen and oxygen atoms in total. The van der Waals surface area contributed by atoms with Gasteiger partial charge >= 0.3 is 6.18 Å². The Bertz CT molecular complexity index is 1310. The summed E-state index contributed by atoms with van der Waals surface area (Å²) in [4.78, 5) is 29.8. The predicted octanol–water partition coefficient (Wildman–Crippen LogP) is 4.11. The van der Waals surface area contributed by atoms with Crippen LogP contribution in [0.15, 0.2) is 78.9 Å². The van der Waals surface area contributed by atoms with Crippen LogP contribution in [0.1, 0.15) is 5.56 Å². The molecular weight excluding hydrogens is 535 g/mol. The van der Waals surface area contributed by atoms with Gasteiger partial charge in [0.25, 0.3) is 5.56 Å². The highest BCUT2D eigenvalue weighted by Crippen LogP contribution is 2.30. The molecule has 3 rings (SSSR count). The third kappa shape index (κ3) is 5.78. The summed E-state index contributed by atoms with van der Waals surface area (Å²) in [5, 5.41) is 2.30. The predicted molar refractivity (Wildman–Crippen MR) is 115 cm³/mol. The van der Waals surface area contributed by atoms with Gasteiger partial charge in [0.05, 0.1) is 22.4 Å². The summed E-state index contributed by atoms with van der Waals surface area (Å²) in [7, 11) is -4.10. The Kier molecular flexibility index (Phi) is 7.10. The van der Waals surface area contributed by atoms with Crippen molar-refractivity contribution in [3.8, 4) is 0 Å². The number of hydrogen-bond acceptors (Lipinski definition) is 6. The van der Waals surface area contributed by atoms with Gasteiger partial charge in [-0.15, -0.1) is 0 Å². The molecule has 0 atom stereocenters. The Hall–Kier alpha value is -2.64. The molecule has 2 aromatic carbocycles. The third-order valence-electron chi connectivity index (χ3n) is 3.97. The second kappa shape index (κ2) is 9.46. The lowest BCUT2D eigenvalue weighted by atomic mass is 10.2. The highest BCUT2D eigenvalue weighted by atomic mass is 79.9. The van der Waals surface area contributed by atoms with Crippen LogP contribution in [0.2, 0.25) is 0 Å². The third-order valence-corrected chi connectivity index (χ3v) is 7.15.